The smallest absolute Gasteiger partial charge is 0.140 e. The van der Waals surface area contributed by atoms with Crippen molar-refractivity contribution in [2.24, 2.45) is 0 Å². The molecule has 0 aliphatic carbocycles. The van der Waals surface area contributed by atoms with Crippen LogP contribution in [0.15, 0.2) is 36.5 Å². The summed E-state index contributed by atoms with van der Waals surface area (Å²) >= 11 is 0. The molecule has 0 amide bonds. The lowest BCUT2D eigenvalue weighted by Gasteiger charge is -2.41. The number of aryl methyl sites for hydroxylation is 3. The number of aromatic nitrogens is 2. The summed E-state index contributed by atoms with van der Waals surface area (Å²) in [5, 5.41) is 27.0. The van der Waals surface area contributed by atoms with E-state index in [9.17, 15) is 5.26 Å². The van der Waals surface area contributed by atoms with Crippen molar-refractivity contribution in [1.82, 2.24) is 15.1 Å². The van der Waals surface area contributed by atoms with Gasteiger partial charge in [0, 0.05) is 35.5 Å². The minimum absolute atomic E-state index is 0.0608. The Morgan fingerprint density at radius 1 is 1.15 bits per heavy atom. The Balaban J connectivity index is 1.31. The number of nitrogens with zero attached hydrogens (tertiary/aromatic N) is 4. The van der Waals surface area contributed by atoms with Crippen LogP contribution in [0.1, 0.15) is 51.9 Å². The fourth-order valence-corrected chi connectivity index (χ4v) is 5.11. The van der Waals surface area contributed by atoms with Crippen molar-refractivity contribution in [3.63, 3.8) is 0 Å². The highest BCUT2D eigenvalue weighted by Crippen LogP contribution is 2.31. The van der Waals surface area contributed by atoms with Crippen LogP contribution in [0.4, 0.5) is 5.69 Å². The number of anilines is 1. The number of hydrogen-bond acceptors (Lipinski definition) is 9. The van der Waals surface area contributed by atoms with Crippen LogP contribution in [0.2, 0.25) is 0 Å². The third-order valence-electron chi connectivity index (χ3n) is 7.63. The Morgan fingerprint density at radius 3 is 2.59 bits per heavy atom. The molecule has 0 unspecified atom stereocenters. The Morgan fingerprint density at radius 2 is 1.92 bits per heavy atom. The van der Waals surface area contributed by atoms with Crippen LogP contribution in [-0.4, -0.2) is 59.3 Å². The monoisotopic (exact) mass is 526 g/mol. The number of piperidine rings is 1. The molecular weight excluding hydrogens is 492 g/mol. The first kappa shape index (κ1) is 26.6. The van der Waals surface area contributed by atoms with Crippen LogP contribution in [-0.2, 0) is 11.3 Å². The Bertz CT molecular complexity index is 1400. The molecule has 2 aromatic carbocycles. The van der Waals surface area contributed by atoms with Crippen LogP contribution < -0.4 is 15.2 Å². The number of rotatable bonds is 8. The average Bonchev–Trinajstić information content (AvgIpc) is 2.90. The Hall–Kier alpha value is -4.00. The van der Waals surface area contributed by atoms with E-state index in [-0.39, 0.29) is 11.8 Å². The topological polar surface area (TPSA) is 130 Å². The van der Waals surface area contributed by atoms with Gasteiger partial charge in [-0.3, -0.25) is 10.3 Å². The summed E-state index contributed by atoms with van der Waals surface area (Å²) in [7, 11) is 0. The molecule has 9 nitrogen and oxygen atoms in total. The van der Waals surface area contributed by atoms with Crippen molar-refractivity contribution >= 4 is 11.4 Å². The van der Waals surface area contributed by atoms with E-state index in [0.717, 1.165) is 61.5 Å². The second kappa shape index (κ2) is 11.4. The van der Waals surface area contributed by atoms with Crippen molar-refractivity contribution in [1.29, 1.82) is 10.7 Å². The van der Waals surface area contributed by atoms with Crippen molar-refractivity contribution in [2.75, 3.05) is 32.0 Å². The van der Waals surface area contributed by atoms with Gasteiger partial charge in [-0.05, 0) is 75.1 Å². The number of benzene rings is 2. The second-order valence-electron chi connectivity index (χ2n) is 10.3. The van der Waals surface area contributed by atoms with Crippen molar-refractivity contribution in [3.05, 3.63) is 75.6 Å². The van der Waals surface area contributed by atoms with Crippen molar-refractivity contribution in [3.8, 4) is 17.6 Å². The molecule has 5 rings (SSSR count). The van der Waals surface area contributed by atoms with E-state index in [1.54, 1.807) is 30.5 Å². The van der Waals surface area contributed by atoms with Gasteiger partial charge in [0.05, 0.1) is 42.4 Å². The second-order valence-corrected chi connectivity index (χ2v) is 10.3. The highest BCUT2D eigenvalue weighted by Gasteiger charge is 2.30. The summed E-state index contributed by atoms with van der Waals surface area (Å²) in [6.45, 7) is 9.70. The quantitative estimate of drug-likeness (QED) is 0.332. The highest BCUT2D eigenvalue weighted by atomic mass is 16.5. The first-order chi connectivity index (χ1) is 18.8. The molecule has 0 saturated carbocycles. The minimum atomic E-state index is 0.0608. The van der Waals surface area contributed by atoms with E-state index in [1.165, 1.54) is 0 Å². The summed E-state index contributed by atoms with van der Waals surface area (Å²) in [5.74, 6) is 1.19. The summed E-state index contributed by atoms with van der Waals surface area (Å²) in [6.07, 6.45) is 3.60. The van der Waals surface area contributed by atoms with Gasteiger partial charge in [-0.1, -0.05) is 0 Å². The van der Waals surface area contributed by atoms with Gasteiger partial charge in [0.25, 0.3) is 0 Å². The molecule has 202 valence electrons. The van der Waals surface area contributed by atoms with Gasteiger partial charge >= 0.3 is 0 Å². The number of nitrogens with two attached hydrogens (primary N) is 1. The molecule has 2 saturated heterocycles. The van der Waals surface area contributed by atoms with Gasteiger partial charge in [-0.25, -0.2) is 0 Å². The SMILES string of the molecule is Cc1cnnc(C)c1COc1ccc(N)c(C(=N)c2cc(C)c(OC3CCN(C4COC4)CC3)c(C#N)c2)c1. The zero-order valence-corrected chi connectivity index (χ0v) is 22.7. The normalized spacial score (nSPS) is 16.4. The Labute approximate surface area is 229 Å². The van der Waals surface area contributed by atoms with Gasteiger partial charge < -0.3 is 19.9 Å². The number of ether oxygens (including phenoxy) is 3. The molecule has 9 heteroatoms. The van der Waals surface area contributed by atoms with Gasteiger partial charge in [0.2, 0.25) is 0 Å². The average molecular weight is 527 g/mol. The number of likely N-dealkylation sites (tertiary alicyclic amines) is 1. The Kier molecular flexibility index (Phi) is 7.77. The molecule has 39 heavy (non-hydrogen) atoms. The van der Waals surface area contributed by atoms with Gasteiger partial charge in [0.1, 0.15) is 30.3 Å². The third-order valence-corrected chi connectivity index (χ3v) is 7.63. The minimum Gasteiger partial charge on any atom is -0.489 e. The van der Waals surface area contributed by atoms with E-state index >= 15 is 0 Å². The van der Waals surface area contributed by atoms with E-state index in [1.807, 2.05) is 26.8 Å². The molecule has 2 fully saturated rings. The molecule has 0 spiro atoms. The maximum absolute atomic E-state index is 9.95. The number of nitriles is 1. The highest BCUT2D eigenvalue weighted by molar-refractivity contribution is 6.14. The van der Waals surface area contributed by atoms with Crippen LogP contribution in [0.3, 0.4) is 0 Å². The van der Waals surface area contributed by atoms with Gasteiger partial charge in [0.15, 0.2) is 0 Å². The summed E-state index contributed by atoms with van der Waals surface area (Å²) in [4.78, 5) is 2.46. The van der Waals surface area contributed by atoms with Crippen molar-refractivity contribution < 1.29 is 14.2 Å². The molecule has 1 aromatic heterocycles. The first-order valence-electron chi connectivity index (χ1n) is 13.3. The molecule has 3 heterocycles. The number of nitrogens with one attached hydrogen (secondary N) is 1. The predicted octanol–water partition coefficient (Wildman–Crippen LogP) is 4.09. The van der Waals surface area contributed by atoms with Crippen LogP contribution >= 0.6 is 0 Å². The van der Waals surface area contributed by atoms with E-state index in [2.05, 4.69) is 21.2 Å². The lowest BCUT2D eigenvalue weighted by atomic mass is 9.96. The fourth-order valence-electron chi connectivity index (χ4n) is 5.11. The van der Waals surface area contributed by atoms with Crippen LogP contribution in [0, 0.1) is 37.5 Å². The van der Waals surface area contributed by atoms with E-state index < -0.39 is 0 Å². The number of nitrogen functional groups attached to an aromatic ring is 1. The van der Waals surface area contributed by atoms with Crippen LogP contribution in [0.5, 0.6) is 11.5 Å². The number of hydrogen-bond donors (Lipinski definition) is 2. The first-order valence-corrected chi connectivity index (χ1v) is 13.3. The third kappa shape index (κ3) is 5.72. The van der Waals surface area contributed by atoms with Crippen molar-refractivity contribution in [2.45, 2.75) is 52.4 Å². The zero-order chi connectivity index (χ0) is 27.5. The predicted molar refractivity (Wildman–Crippen MR) is 148 cm³/mol. The van der Waals surface area contributed by atoms with Crippen LogP contribution in [0.25, 0.3) is 0 Å². The zero-order valence-electron chi connectivity index (χ0n) is 22.7. The summed E-state index contributed by atoms with van der Waals surface area (Å²) in [5.41, 5.74) is 12.2. The largest absolute Gasteiger partial charge is 0.489 e. The maximum Gasteiger partial charge on any atom is 0.140 e. The maximum atomic E-state index is 9.95. The molecule has 2 aliphatic heterocycles. The molecular formula is C30H34N6O3. The van der Waals surface area contributed by atoms with E-state index in [4.69, 9.17) is 25.4 Å². The lowest BCUT2D eigenvalue weighted by molar-refractivity contribution is -0.0778. The molecule has 0 bridgehead atoms. The summed E-state index contributed by atoms with van der Waals surface area (Å²) in [6, 6.07) is 11.7. The van der Waals surface area contributed by atoms with Gasteiger partial charge in [-0.2, -0.15) is 15.5 Å². The molecule has 0 radical (unpaired) electrons. The van der Waals surface area contributed by atoms with E-state index in [0.29, 0.717) is 46.5 Å². The molecule has 2 aliphatic rings. The fraction of sp³-hybridized carbons (Fsp3) is 0.400. The summed E-state index contributed by atoms with van der Waals surface area (Å²) < 4.78 is 17.7. The molecule has 3 aromatic rings. The lowest BCUT2D eigenvalue weighted by Crippen LogP contribution is -2.52. The van der Waals surface area contributed by atoms with Gasteiger partial charge in [-0.15, -0.1) is 0 Å². The standard InChI is InChI=1S/C30H34N6O3/c1-18-10-21(11-22(13-31)30(18)39-24-6-8-36(9-7-24)23-15-37-16-23)29(33)26-12-25(4-5-28(26)32)38-17-27-19(2)14-34-35-20(27)3/h4-5,10-12,14,23-24,33H,6-9,15-17,32H2,1-3H3. The molecule has 0 atom stereocenters. The molecule has 3 N–H and O–H groups in total.